The molecule has 0 saturated heterocycles. The topological polar surface area (TPSA) is 80.0 Å². The van der Waals surface area contributed by atoms with Crippen LogP contribution in [0, 0.1) is 6.92 Å². The van der Waals surface area contributed by atoms with Crippen LogP contribution in [0.5, 0.6) is 0 Å². The van der Waals surface area contributed by atoms with Gasteiger partial charge in [0, 0.05) is 18.8 Å². The maximum atomic E-state index is 12.0. The van der Waals surface area contributed by atoms with Gasteiger partial charge in [0.05, 0.1) is 11.4 Å². The fraction of sp³-hybridized carbons (Fsp3) is 0.130. The van der Waals surface area contributed by atoms with Gasteiger partial charge >= 0.3 is 0 Å². The van der Waals surface area contributed by atoms with Crippen LogP contribution in [0.25, 0.3) is 6.08 Å². The molecule has 28 heavy (non-hydrogen) atoms. The molecule has 0 unspecified atom stereocenters. The number of nitrogen functional groups attached to an aromatic ring is 1. The third kappa shape index (κ3) is 5.71. The molecule has 142 valence electrons. The van der Waals surface area contributed by atoms with E-state index in [4.69, 9.17) is 5.73 Å². The Balaban J connectivity index is 1.48. The van der Waals surface area contributed by atoms with Crippen LogP contribution in [0.1, 0.15) is 16.7 Å². The number of nitrogens with zero attached hydrogens (tertiary/aromatic N) is 1. The lowest BCUT2D eigenvalue weighted by atomic mass is 10.1. The minimum atomic E-state index is -0.238. The lowest BCUT2D eigenvalue weighted by Crippen LogP contribution is -2.09. The maximum absolute atomic E-state index is 12.0. The number of hydrogen-bond donors (Lipinski definition) is 3. The first-order valence-corrected chi connectivity index (χ1v) is 9.19. The Morgan fingerprint density at radius 1 is 1.07 bits per heavy atom. The van der Waals surface area contributed by atoms with Crippen LogP contribution in [0.2, 0.25) is 0 Å². The Labute approximate surface area is 165 Å². The van der Waals surface area contributed by atoms with Gasteiger partial charge in [0.2, 0.25) is 5.91 Å². The number of rotatable bonds is 7. The second-order valence-corrected chi connectivity index (χ2v) is 6.55. The summed E-state index contributed by atoms with van der Waals surface area (Å²) in [5.41, 5.74) is 10.4. The van der Waals surface area contributed by atoms with Gasteiger partial charge in [0.1, 0.15) is 5.82 Å². The van der Waals surface area contributed by atoms with Gasteiger partial charge in [-0.05, 0) is 54.8 Å². The Morgan fingerprint density at radius 3 is 2.57 bits per heavy atom. The fourth-order valence-electron chi connectivity index (χ4n) is 2.66. The van der Waals surface area contributed by atoms with Crippen LogP contribution in [-0.2, 0) is 11.2 Å². The molecule has 0 aliphatic heterocycles. The summed E-state index contributed by atoms with van der Waals surface area (Å²) in [5.74, 6) is 0.573. The monoisotopic (exact) mass is 372 g/mol. The first kappa shape index (κ1) is 19.2. The third-order valence-electron chi connectivity index (χ3n) is 4.27. The van der Waals surface area contributed by atoms with E-state index in [9.17, 15) is 4.79 Å². The van der Waals surface area contributed by atoms with Crippen molar-refractivity contribution in [3.8, 4) is 0 Å². The van der Waals surface area contributed by atoms with Gasteiger partial charge in [-0.15, -0.1) is 0 Å². The molecule has 0 spiro atoms. The summed E-state index contributed by atoms with van der Waals surface area (Å²) in [7, 11) is 0. The summed E-state index contributed by atoms with van der Waals surface area (Å²) in [6.07, 6.45) is 5.85. The zero-order valence-electron chi connectivity index (χ0n) is 15.9. The molecule has 0 aliphatic carbocycles. The zero-order valence-corrected chi connectivity index (χ0v) is 15.9. The molecule has 5 nitrogen and oxygen atoms in total. The van der Waals surface area contributed by atoms with Crippen molar-refractivity contribution in [2.75, 3.05) is 22.9 Å². The summed E-state index contributed by atoms with van der Waals surface area (Å²) in [6.45, 7) is 2.90. The number of anilines is 3. The Kier molecular flexibility index (Phi) is 6.41. The normalized spacial score (nSPS) is 10.8. The SMILES string of the molecule is Cc1ccc(CCNc2ccc(/C=C/C(=O)Nc3ccccc3N)cn2)cc1. The minimum absolute atomic E-state index is 0.238. The average molecular weight is 372 g/mol. The summed E-state index contributed by atoms with van der Waals surface area (Å²) in [4.78, 5) is 16.4. The number of nitrogens with two attached hydrogens (primary N) is 1. The molecule has 0 saturated carbocycles. The van der Waals surface area contributed by atoms with Gasteiger partial charge < -0.3 is 16.4 Å². The Bertz CT molecular complexity index is 947. The highest BCUT2D eigenvalue weighted by atomic mass is 16.1. The largest absolute Gasteiger partial charge is 0.397 e. The van der Waals surface area contributed by atoms with E-state index in [-0.39, 0.29) is 5.91 Å². The molecule has 0 bridgehead atoms. The van der Waals surface area contributed by atoms with Crippen molar-refractivity contribution in [1.82, 2.24) is 4.98 Å². The van der Waals surface area contributed by atoms with E-state index in [1.165, 1.54) is 17.2 Å². The Morgan fingerprint density at radius 2 is 1.86 bits per heavy atom. The molecular formula is C23H24N4O. The van der Waals surface area contributed by atoms with Crippen molar-refractivity contribution in [1.29, 1.82) is 0 Å². The lowest BCUT2D eigenvalue weighted by Gasteiger charge is -2.06. The van der Waals surface area contributed by atoms with Crippen LogP contribution in [-0.4, -0.2) is 17.4 Å². The van der Waals surface area contributed by atoms with Gasteiger partial charge in [-0.1, -0.05) is 42.0 Å². The molecule has 0 atom stereocenters. The molecule has 0 aliphatic rings. The molecule has 4 N–H and O–H groups in total. The van der Waals surface area contributed by atoms with Crippen molar-refractivity contribution >= 4 is 29.2 Å². The summed E-state index contributed by atoms with van der Waals surface area (Å²) >= 11 is 0. The molecule has 2 aromatic carbocycles. The number of carbonyl (C=O) groups is 1. The van der Waals surface area contributed by atoms with Gasteiger partial charge in [-0.3, -0.25) is 4.79 Å². The van der Waals surface area contributed by atoms with E-state index in [2.05, 4.69) is 46.8 Å². The third-order valence-corrected chi connectivity index (χ3v) is 4.27. The van der Waals surface area contributed by atoms with E-state index in [1.807, 2.05) is 24.3 Å². The first-order chi connectivity index (χ1) is 13.6. The van der Waals surface area contributed by atoms with Gasteiger partial charge in [0.15, 0.2) is 0 Å². The smallest absolute Gasteiger partial charge is 0.248 e. The standard InChI is InChI=1S/C23H24N4O/c1-17-6-8-18(9-7-17)14-15-25-22-12-10-19(16-26-22)11-13-23(28)27-21-5-3-2-4-20(21)24/h2-13,16H,14-15,24H2,1H3,(H,25,26)(H,27,28)/b13-11+. The number of hydrogen-bond acceptors (Lipinski definition) is 4. The van der Waals surface area contributed by atoms with Gasteiger partial charge in [-0.25, -0.2) is 4.98 Å². The highest BCUT2D eigenvalue weighted by Crippen LogP contribution is 2.16. The minimum Gasteiger partial charge on any atom is -0.397 e. The average Bonchev–Trinajstić information content (AvgIpc) is 2.71. The number of aryl methyl sites for hydroxylation is 1. The number of nitrogens with one attached hydrogen (secondary N) is 2. The Hall–Kier alpha value is -3.60. The van der Waals surface area contributed by atoms with Gasteiger partial charge in [0.25, 0.3) is 0 Å². The van der Waals surface area contributed by atoms with E-state index >= 15 is 0 Å². The van der Waals surface area contributed by atoms with Crippen LogP contribution in [0.3, 0.4) is 0 Å². The second-order valence-electron chi connectivity index (χ2n) is 6.55. The highest BCUT2D eigenvalue weighted by Gasteiger charge is 2.01. The summed E-state index contributed by atoms with van der Waals surface area (Å²) < 4.78 is 0. The number of aromatic nitrogens is 1. The van der Waals surface area contributed by atoms with Crippen LogP contribution >= 0.6 is 0 Å². The second kappa shape index (κ2) is 9.37. The zero-order chi connectivity index (χ0) is 19.8. The molecule has 1 aromatic heterocycles. The number of carbonyl (C=O) groups excluding carboxylic acids is 1. The van der Waals surface area contributed by atoms with Crippen LogP contribution in [0.4, 0.5) is 17.2 Å². The molecule has 3 aromatic rings. The summed E-state index contributed by atoms with van der Waals surface area (Å²) in [6, 6.07) is 19.5. The van der Waals surface area contributed by atoms with Crippen molar-refractivity contribution < 1.29 is 4.79 Å². The van der Waals surface area contributed by atoms with Crippen molar-refractivity contribution in [3.05, 3.63) is 89.6 Å². The van der Waals surface area contributed by atoms with Crippen LogP contribution < -0.4 is 16.4 Å². The highest BCUT2D eigenvalue weighted by molar-refractivity contribution is 6.03. The fourth-order valence-corrected chi connectivity index (χ4v) is 2.66. The molecule has 1 heterocycles. The molecule has 5 heteroatoms. The van der Waals surface area contributed by atoms with Crippen molar-refractivity contribution in [2.45, 2.75) is 13.3 Å². The summed E-state index contributed by atoms with van der Waals surface area (Å²) in [5, 5.41) is 6.07. The molecule has 0 fully saturated rings. The predicted octanol–water partition coefficient (Wildman–Crippen LogP) is 4.28. The molecule has 0 radical (unpaired) electrons. The number of pyridine rings is 1. The lowest BCUT2D eigenvalue weighted by molar-refractivity contribution is -0.111. The van der Waals surface area contributed by atoms with E-state index < -0.39 is 0 Å². The molecular weight excluding hydrogens is 348 g/mol. The number of benzene rings is 2. The van der Waals surface area contributed by atoms with Crippen LogP contribution in [0.15, 0.2) is 72.9 Å². The first-order valence-electron chi connectivity index (χ1n) is 9.19. The van der Waals surface area contributed by atoms with E-state index in [0.29, 0.717) is 11.4 Å². The van der Waals surface area contributed by atoms with Gasteiger partial charge in [-0.2, -0.15) is 0 Å². The maximum Gasteiger partial charge on any atom is 0.248 e. The quantitative estimate of drug-likeness (QED) is 0.427. The molecule has 1 amide bonds. The van der Waals surface area contributed by atoms with Crippen molar-refractivity contribution in [2.24, 2.45) is 0 Å². The van der Waals surface area contributed by atoms with Crippen molar-refractivity contribution in [3.63, 3.8) is 0 Å². The van der Waals surface area contributed by atoms with E-state index in [1.54, 1.807) is 24.4 Å². The number of amides is 1. The number of para-hydroxylation sites is 2. The van der Waals surface area contributed by atoms with E-state index in [0.717, 1.165) is 24.3 Å². The molecule has 3 rings (SSSR count). The predicted molar refractivity (Wildman–Crippen MR) is 116 cm³/mol.